The number of carbonyl (C=O) groups excluding carboxylic acids is 1. The molecule has 0 saturated carbocycles. The first kappa shape index (κ1) is 19.9. The van der Waals surface area contributed by atoms with E-state index in [1.807, 2.05) is 37.4 Å². The Balaban J connectivity index is 0.000000596. The fourth-order valence-electron chi connectivity index (χ4n) is 2.49. The number of allylic oxidation sites excluding steroid dienone is 1. The largest absolute Gasteiger partial charge is 0.380 e. The van der Waals surface area contributed by atoms with E-state index in [1.165, 1.54) is 16.6 Å². The van der Waals surface area contributed by atoms with Crippen molar-refractivity contribution in [2.75, 3.05) is 5.32 Å². The number of rotatable bonds is 6. The molecule has 1 aromatic heterocycles. The quantitative estimate of drug-likeness (QED) is 0.343. The Morgan fingerprint density at radius 1 is 1.00 bits per heavy atom. The van der Waals surface area contributed by atoms with Crippen molar-refractivity contribution in [1.82, 2.24) is 10.5 Å². The van der Waals surface area contributed by atoms with Crippen LogP contribution in [0.2, 0.25) is 0 Å². The third-order valence-electron chi connectivity index (χ3n) is 3.74. The molecule has 3 rings (SSSR count). The predicted molar refractivity (Wildman–Crippen MR) is 109 cm³/mol. The molecule has 2 aromatic carbocycles. The molecule has 138 valence electrons. The molecule has 5 heteroatoms. The van der Waals surface area contributed by atoms with Gasteiger partial charge in [0.05, 0.1) is 5.69 Å². The zero-order valence-electron chi connectivity index (χ0n) is 15.2. The van der Waals surface area contributed by atoms with Crippen LogP contribution in [0.25, 0.3) is 17.3 Å². The fraction of sp³-hybridized carbons (Fsp3) is 0.0909. The lowest BCUT2D eigenvalue weighted by atomic mass is 10.1. The van der Waals surface area contributed by atoms with E-state index in [0.717, 1.165) is 23.5 Å². The van der Waals surface area contributed by atoms with Crippen molar-refractivity contribution >= 4 is 18.2 Å². The van der Waals surface area contributed by atoms with E-state index in [0.29, 0.717) is 0 Å². The van der Waals surface area contributed by atoms with Crippen molar-refractivity contribution in [1.29, 1.82) is 0 Å². The second kappa shape index (κ2) is 11.2. The van der Waals surface area contributed by atoms with E-state index in [4.69, 9.17) is 10.0 Å². The summed E-state index contributed by atoms with van der Waals surface area (Å²) in [5, 5.41) is 10.7. The summed E-state index contributed by atoms with van der Waals surface area (Å²) in [7, 11) is 0. The van der Waals surface area contributed by atoms with Crippen molar-refractivity contribution in [2.45, 2.75) is 13.5 Å². The van der Waals surface area contributed by atoms with Crippen molar-refractivity contribution in [3.05, 3.63) is 90.1 Å². The summed E-state index contributed by atoms with van der Waals surface area (Å²) in [6.45, 7) is 2.79. The lowest BCUT2D eigenvalue weighted by molar-refractivity contribution is -0.116. The maximum absolute atomic E-state index is 8.81. The fourth-order valence-corrected chi connectivity index (χ4v) is 2.49. The standard InChI is InChI=1S/C21H20N2.CH3NO2/c1-2-8-18-11-6-7-12-20(18)22-15-17-13-14-21(23-16-17)19-9-4-3-5-10-19;3-1-2-4/h2-14,16,22H,15H2,1H3;1,4H,(H,2,3)/b8-2+;. The highest BCUT2D eigenvalue weighted by Gasteiger charge is 2.01. The van der Waals surface area contributed by atoms with Gasteiger partial charge in [0.1, 0.15) is 0 Å². The summed E-state index contributed by atoms with van der Waals surface area (Å²) in [4.78, 5) is 13.4. The summed E-state index contributed by atoms with van der Waals surface area (Å²) in [6, 6.07) is 22.7. The maximum Gasteiger partial charge on any atom is 0.230 e. The smallest absolute Gasteiger partial charge is 0.230 e. The normalized spacial score (nSPS) is 10.0. The molecule has 1 amide bonds. The number of hydrogen-bond donors (Lipinski definition) is 3. The van der Waals surface area contributed by atoms with Crippen LogP contribution in [-0.4, -0.2) is 16.6 Å². The van der Waals surface area contributed by atoms with Gasteiger partial charge in [-0.15, -0.1) is 0 Å². The Kier molecular flexibility index (Phi) is 8.27. The Morgan fingerprint density at radius 3 is 2.33 bits per heavy atom. The first-order valence-corrected chi connectivity index (χ1v) is 8.57. The number of para-hydroxylation sites is 1. The van der Waals surface area contributed by atoms with E-state index in [-0.39, 0.29) is 6.41 Å². The maximum atomic E-state index is 8.81. The molecule has 0 unspecified atom stereocenters. The summed E-state index contributed by atoms with van der Waals surface area (Å²) in [5.41, 5.74) is 6.90. The van der Waals surface area contributed by atoms with E-state index in [1.54, 1.807) is 0 Å². The van der Waals surface area contributed by atoms with Crippen LogP contribution in [0.1, 0.15) is 18.1 Å². The Labute approximate surface area is 159 Å². The molecule has 3 N–H and O–H groups in total. The van der Waals surface area contributed by atoms with E-state index >= 15 is 0 Å². The number of amides is 1. The van der Waals surface area contributed by atoms with Crippen LogP contribution in [0.3, 0.4) is 0 Å². The van der Waals surface area contributed by atoms with Crippen molar-refractivity contribution < 1.29 is 10.0 Å². The highest BCUT2D eigenvalue weighted by Crippen LogP contribution is 2.19. The van der Waals surface area contributed by atoms with Crippen LogP contribution in [-0.2, 0) is 11.3 Å². The molecular weight excluding hydrogens is 338 g/mol. The number of benzene rings is 2. The Hall–Kier alpha value is -3.44. The van der Waals surface area contributed by atoms with E-state index < -0.39 is 0 Å². The molecule has 0 spiro atoms. The minimum atomic E-state index is 0.181. The highest BCUT2D eigenvalue weighted by molar-refractivity contribution is 5.66. The number of anilines is 1. The van der Waals surface area contributed by atoms with Crippen molar-refractivity contribution in [3.63, 3.8) is 0 Å². The van der Waals surface area contributed by atoms with Crippen LogP contribution >= 0.6 is 0 Å². The molecule has 0 aliphatic carbocycles. The first-order chi connectivity index (χ1) is 13.3. The lowest BCUT2D eigenvalue weighted by Gasteiger charge is -2.10. The van der Waals surface area contributed by atoms with Gasteiger partial charge in [0.25, 0.3) is 0 Å². The van der Waals surface area contributed by atoms with Gasteiger partial charge in [0.15, 0.2) is 0 Å². The summed E-state index contributed by atoms with van der Waals surface area (Å²) < 4.78 is 0. The number of hydrogen-bond acceptors (Lipinski definition) is 4. The van der Waals surface area contributed by atoms with Gasteiger partial charge in [-0.2, -0.15) is 0 Å². The predicted octanol–water partition coefficient (Wildman–Crippen LogP) is 4.52. The third kappa shape index (κ3) is 6.41. The van der Waals surface area contributed by atoms with Gasteiger partial charge in [-0.3, -0.25) is 15.0 Å². The van der Waals surface area contributed by atoms with Crippen LogP contribution in [0.4, 0.5) is 5.69 Å². The molecule has 0 aliphatic heterocycles. The van der Waals surface area contributed by atoms with Gasteiger partial charge in [0, 0.05) is 24.0 Å². The number of nitrogens with one attached hydrogen (secondary N) is 2. The molecule has 0 aliphatic rings. The summed E-state index contributed by atoms with van der Waals surface area (Å²) >= 11 is 0. The van der Waals surface area contributed by atoms with E-state index in [9.17, 15) is 0 Å². The average molecular weight is 361 g/mol. The minimum Gasteiger partial charge on any atom is -0.380 e. The molecule has 5 nitrogen and oxygen atoms in total. The second-order valence-electron chi connectivity index (χ2n) is 5.61. The number of hydroxylamine groups is 1. The topological polar surface area (TPSA) is 74.2 Å². The van der Waals surface area contributed by atoms with Gasteiger partial charge in [-0.1, -0.05) is 66.7 Å². The lowest BCUT2D eigenvalue weighted by Crippen LogP contribution is -2.01. The number of aromatic nitrogens is 1. The molecule has 0 fully saturated rings. The third-order valence-corrected chi connectivity index (χ3v) is 3.74. The minimum absolute atomic E-state index is 0.181. The first-order valence-electron chi connectivity index (χ1n) is 8.57. The zero-order valence-corrected chi connectivity index (χ0v) is 15.2. The van der Waals surface area contributed by atoms with Crippen LogP contribution in [0.5, 0.6) is 0 Å². The SMILES string of the molecule is C/C=C/c1ccccc1NCc1ccc(-c2ccccc2)nc1.O=CNO. The Morgan fingerprint density at radius 2 is 1.70 bits per heavy atom. The van der Waals surface area contributed by atoms with Crippen LogP contribution < -0.4 is 10.8 Å². The number of pyridine rings is 1. The Bertz CT molecular complexity index is 847. The molecule has 0 radical (unpaired) electrons. The number of nitrogens with zero attached hydrogens (tertiary/aromatic N) is 1. The highest BCUT2D eigenvalue weighted by atomic mass is 16.5. The molecular formula is C22H23N3O2. The molecule has 3 aromatic rings. The molecule has 0 saturated heterocycles. The van der Waals surface area contributed by atoms with Gasteiger partial charge in [-0.05, 0) is 30.2 Å². The van der Waals surface area contributed by atoms with Gasteiger partial charge in [0.2, 0.25) is 6.41 Å². The van der Waals surface area contributed by atoms with Gasteiger partial charge in [-0.25, -0.2) is 5.48 Å². The van der Waals surface area contributed by atoms with Crippen molar-refractivity contribution in [3.8, 4) is 11.3 Å². The zero-order chi connectivity index (χ0) is 19.3. The summed E-state index contributed by atoms with van der Waals surface area (Å²) in [5.74, 6) is 0. The van der Waals surface area contributed by atoms with Crippen LogP contribution in [0.15, 0.2) is 79.0 Å². The van der Waals surface area contributed by atoms with Gasteiger partial charge < -0.3 is 5.32 Å². The van der Waals surface area contributed by atoms with Gasteiger partial charge >= 0.3 is 0 Å². The monoisotopic (exact) mass is 361 g/mol. The molecule has 27 heavy (non-hydrogen) atoms. The number of carbonyl (C=O) groups is 1. The van der Waals surface area contributed by atoms with E-state index in [2.05, 4.69) is 64.9 Å². The second-order valence-corrected chi connectivity index (χ2v) is 5.61. The van der Waals surface area contributed by atoms with Crippen molar-refractivity contribution in [2.24, 2.45) is 0 Å². The van der Waals surface area contributed by atoms with Crippen LogP contribution in [0, 0.1) is 0 Å². The molecule has 0 atom stereocenters. The summed E-state index contributed by atoms with van der Waals surface area (Å²) in [6.07, 6.45) is 6.28. The molecule has 1 heterocycles. The molecule has 0 bridgehead atoms. The average Bonchev–Trinajstić information content (AvgIpc) is 2.74.